The molecule has 1 N–H and O–H groups in total. The van der Waals surface area contributed by atoms with Crippen LogP contribution in [0.2, 0.25) is 0 Å². The molecule has 0 bridgehead atoms. The van der Waals surface area contributed by atoms with E-state index in [0.29, 0.717) is 12.0 Å². The lowest BCUT2D eigenvalue weighted by Gasteiger charge is -2.20. The molecule has 1 rings (SSSR count). The highest BCUT2D eigenvalue weighted by Crippen LogP contribution is 2.16. The van der Waals surface area contributed by atoms with Gasteiger partial charge in [0.2, 0.25) is 0 Å². The Morgan fingerprint density at radius 3 is 2.41 bits per heavy atom. The number of allylic oxidation sites excluding steroid dienone is 3. The molecule has 17 heavy (non-hydrogen) atoms. The molecule has 0 aromatic heterocycles. The summed E-state index contributed by atoms with van der Waals surface area (Å²) in [6.07, 6.45) is 10.5. The minimum atomic E-state index is -0.848. The third kappa shape index (κ3) is 4.47. The van der Waals surface area contributed by atoms with Crippen molar-refractivity contribution >= 4 is 5.97 Å². The van der Waals surface area contributed by atoms with Crippen molar-refractivity contribution in [1.29, 1.82) is 0 Å². The highest BCUT2D eigenvalue weighted by molar-refractivity contribution is 5.90. The zero-order valence-electron chi connectivity index (χ0n) is 10.6. The molecule has 1 aliphatic carbocycles. The quantitative estimate of drug-likeness (QED) is 0.769. The topological polar surface area (TPSA) is 40.5 Å². The van der Waals surface area contributed by atoms with E-state index in [4.69, 9.17) is 5.11 Å². The van der Waals surface area contributed by atoms with E-state index >= 15 is 0 Å². The van der Waals surface area contributed by atoms with Crippen molar-refractivity contribution in [3.05, 3.63) is 35.6 Å². The molecule has 0 aromatic rings. The van der Waals surface area contributed by atoms with Crippen LogP contribution in [0, 0.1) is 0 Å². The lowest BCUT2D eigenvalue weighted by molar-refractivity contribution is -0.132. The Bertz CT molecular complexity index is 347. The van der Waals surface area contributed by atoms with Crippen LogP contribution < -0.4 is 0 Å². The zero-order valence-corrected chi connectivity index (χ0v) is 10.6. The lowest BCUT2D eigenvalue weighted by Crippen LogP contribution is -2.19. The number of aliphatic carboxylic acids is 1. The third-order valence-electron chi connectivity index (χ3n) is 2.65. The molecule has 0 aromatic carbocycles. The van der Waals surface area contributed by atoms with Gasteiger partial charge in [0.25, 0.3) is 0 Å². The number of carbonyl (C=O) groups is 1. The average Bonchev–Trinajstić information content (AvgIpc) is 2.30. The van der Waals surface area contributed by atoms with Gasteiger partial charge in [0.05, 0.1) is 5.57 Å². The highest BCUT2D eigenvalue weighted by Gasteiger charge is 2.08. The van der Waals surface area contributed by atoms with Crippen LogP contribution in [-0.2, 0) is 4.79 Å². The predicted octanol–water partition coefficient (Wildman–Crippen LogP) is 2.96. The maximum absolute atomic E-state index is 10.7. The summed E-state index contributed by atoms with van der Waals surface area (Å²) < 4.78 is 0. The number of carboxylic acids is 1. The molecule has 0 saturated heterocycles. The molecule has 0 spiro atoms. The summed E-state index contributed by atoms with van der Waals surface area (Å²) in [6, 6.07) is 0. The first-order chi connectivity index (χ1) is 8.17. The van der Waals surface area contributed by atoms with Gasteiger partial charge in [-0.3, -0.25) is 0 Å². The molecule has 0 radical (unpaired) electrons. The first-order valence-corrected chi connectivity index (χ1v) is 6.23. The minimum Gasteiger partial charge on any atom is -0.478 e. The molecule has 3 nitrogen and oxygen atoms in total. The average molecular weight is 235 g/mol. The molecule has 0 aliphatic heterocycles. The van der Waals surface area contributed by atoms with Gasteiger partial charge in [-0.25, -0.2) is 4.79 Å². The van der Waals surface area contributed by atoms with Crippen molar-refractivity contribution in [3.63, 3.8) is 0 Å². The molecule has 3 heteroatoms. The van der Waals surface area contributed by atoms with Crippen molar-refractivity contribution in [3.8, 4) is 0 Å². The maximum Gasteiger partial charge on any atom is 0.335 e. The molecule has 94 valence electrons. The first-order valence-electron chi connectivity index (χ1n) is 6.23. The van der Waals surface area contributed by atoms with Crippen LogP contribution in [-0.4, -0.2) is 29.1 Å². The summed E-state index contributed by atoms with van der Waals surface area (Å²) in [5.74, 6) is -0.848. The van der Waals surface area contributed by atoms with Crippen LogP contribution in [0.25, 0.3) is 0 Å². The van der Waals surface area contributed by atoms with Crippen molar-refractivity contribution in [2.75, 3.05) is 13.1 Å². The second-order valence-electron chi connectivity index (χ2n) is 4.24. The molecule has 0 unspecified atom stereocenters. The number of carboxylic acid groups (broad SMARTS) is 1. The zero-order chi connectivity index (χ0) is 12.7. The Balaban J connectivity index is 2.63. The van der Waals surface area contributed by atoms with Gasteiger partial charge < -0.3 is 10.0 Å². The Kier molecular flexibility index (Phi) is 5.53. The van der Waals surface area contributed by atoms with Crippen LogP contribution in [0.15, 0.2) is 35.6 Å². The van der Waals surface area contributed by atoms with Crippen LogP contribution in [0.4, 0.5) is 0 Å². The van der Waals surface area contributed by atoms with E-state index in [9.17, 15) is 4.79 Å². The smallest absolute Gasteiger partial charge is 0.335 e. The van der Waals surface area contributed by atoms with Gasteiger partial charge in [-0.2, -0.15) is 0 Å². The van der Waals surface area contributed by atoms with E-state index < -0.39 is 5.97 Å². The van der Waals surface area contributed by atoms with Gasteiger partial charge in [0.15, 0.2) is 0 Å². The SMILES string of the molecule is CCCN(C=C1C=CC(C(=O)O)=CC1)CCC. The van der Waals surface area contributed by atoms with E-state index in [-0.39, 0.29) is 0 Å². The summed E-state index contributed by atoms with van der Waals surface area (Å²) >= 11 is 0. The monoisotopic (exact) mass is 235 g/mol. The van der Waals surface area contributed by atoms with Gasteiger partial charge >= 0.3 is 5.97 Å². The second-order valence-corrected chi connectivity index (χ2v) is 4.24. The van der Waals surface area contributed by atoms with Gasteiger partial charge in [0.1, 0.15) is 0 Å². The number of nitrogens with zero attached hydrogens (tertiary/aromatic N) is 1. The van der Waals surface area contributed by atoms with Crippen molar-refractivity contribution in [2.45, 2.75) is 33.1 Å². The van der Waals surface area contributed by atoms with Crippen LogP contribution in [0.3, 0.4) is 0 Å². The van der Waals surface area contributed by atoms with E-state index in [2.05, 4.69) is 24.9 Å². The minimum absolute atomic E-state index is 0.389. The van der Waals surface area contributed by atoms with Gasteiger partial charge in [-0.1, -0.05) is 26.0 Å². The lowest BCUT2D eigenvalue weighted by atomic mass is 10.0. The Labute approximate surface area is 103 Å². The van der Waals surface area contributed by atoms with Crippen LogP contribution in [0.1, 0.15) is 33.1 Å². The third-order valence-corrected chi connectivity index (χ3v) is 2.65. The molecular weight excluding hydrogens is 214 g/mol. The first kappa shape index (κ1) is 13.6. The molecule has 0 heterocycles. The summed E-state index contributed by atoms with van der Waals surface area (Å²) in [7, 11) is 0. The van der Waals surface area contributed by atoms with Crippen LogP contribution in [0.5, 0.6) is 0 Å². The second kappa shape index (κ2) is 6.94. The number of rotatable bonds is 6. The van der Waals surface area contributed by atoms with Gasteiger partial charge in [-0.15, -0.1) is 0 Å². The largest absolute Gasteiger partial charge is 0.478 e. The van der Waals surface area contributed by atoms with Crippen molar-refractivity contribution < 1.29 is 9.90 Å². The van der Waals surface area contributed by atoms with Gasteiger partial charge in [0, 0.05) is 19.3 Å². The Morgan fingerprint density at radius 1 is 1.35 bits per heavy atom. The molecule has 0 saturated carbocycles. The summed E-state index contributed by atoms with van der Waals surface area (Å²) in [6.45, 7) is 6.45. The molecule has 0 atom stereocenters. The maximum atomic E-state index is 10.7. The van der Waals surface area contributed by atoms with E-state index in [1.165, 1.54) is 5.57 Å². The Morgan fingerprint density at radius 2 is 2.00 bits per heavy atom. The molecule has 0 amide bonds. The normalized spacial score (nSPS) is 17.1. The predicted molar refractivity (Wildman–Crippen MR) is 69.7 cm³/mol. The summed E-state index contributed by atoms with van der Waals surface area (Å²) in [5.41, 5.74) is 1.57. The fourth-order valence-electron chi connectivity index (χ4n) is 1.86. The Hall–Kier alpha value is -1.51. The van der Waals surface area contributed by atoms with Crippen LogP contribution >= 0.6 is 0 Å². The van der Waals surface area contributed by atoms with Crippen molar-refractivity contribution in [2.24, 2.45) is 0 Å². The van der Waals surface area contributed by atoms with Crippen molar-refractivity contribution in [1.82, 2.24) is 4.90 Å². The molecule has 0 fully saturated rings. The van der Waals surface area contributed by atoms with E-state index in [1.807, 2.05) is 6.08 Å². The number of hydrogen-bond donors (Lipinski definition) is 1. The van der Waals surface area contributed by atoms with E-state index in [1.54, 1.807) is 12.2 Å². The fraction of sp³-hybridized carbons (Fsp3) is 0.500. The molecular formula is C14H21NO2. The summed E-state index contributed by atoms with van der Waals surface area (Å²) in [5, 5.41) is 8.83. The number of hydrogen-bond acceptors (Lipinski definition) is 2. The summed E-state index contributed by atoms with van der Waals surface area (Å²) in [4.78, 5) is 13.0. The highest BCUT2D eigenvalue weighted by atomic mass is 16.4. The van der Waals surface area contributed by atoms with Gasteiger partial charge in [-0.05, 0) is 30.9 Å². The fourth-order valence-corrected chi connectivity index (χ4v) is 1.86. The molecule has 1 aliphatic rings. The standard InChI is InChI=1S/C14H21NO2/c1-3-9-15(10-4-2)11-12-5-7-13(8-6-12)14(16)17/h5,7-8,11H,3-4,6,9-10H2,1-2H3,(H,16,17). The van der Waals surface area contributed by atoms with E-state index in [0.717, 1.165) is 25.9 Å².